The highest BCUT2D eigenvalue weighted by Crippen LogP contribution is 2.49. The fourth-order valence-corrected chi connectivity index (χ4v) is 4.71. The van der Waals surface area contributed by atoms with Crippen molar-refractivity contribution in [3.05, 3.63) is 57.5 Å². The number of hydrogen-bond acceptors (Lipinski definition) is 4. The molecule has 1 fully saturated rings. The van der Waals surface area contributed by atoms with Gasteiger partial charge in [-0.15, -0.1) is 0 Å². The summed E-state index contributed by atoms with van der Waals surface area (Å²) in [5, 5.41) is 0.622. The summed E-state index contributed by atoms with van der Waals surface area (Å²) in [6, 6.07) is 11.6. The van der Waals surface area contributed by atoms with Gasteiger partial charge in [0.1, 0.15) is 5.75 Å². The predicted molar refractivity (Wildman–Crippen MR) is 107 cm³/mol. The first-order valence-electron chi connectivity index (χ1n) is 8.50. The molecule has 8 heteroatoms. The van der Waals surface area contributed by atoms with Gasteiger partial charge in [-0.25, -0.2) is 13.1 Å². The van der Waals surface area contributed by atoms with E-state index in [1.54, 1.807) is 18.2 Å². The average molecular weight is 473 g/mol. The molecule has 144 valence electrons. The number of nitrogens with one attached hydrogen (secondary N) is 1. The van der Waals surface area contributed by atoms with Gasteiger partial charge in [-0.3, -0.25) is 4.79 Å². The van der Waals surface area contributed by atoms with Crippen LogP contribution >= 0.6 is 27.5 Å². The van der Waals surface area contributed by atoms with Gasteiger partial charge in [-0.2, -0.15) is 0 Å². The van der Waals surface area contributed by atoms with E-state index < -0.39 is 21.3 Å². The van der Waals surface area contributed by atoms with Crippen LogP contribution in [-0.2, 0) is 21.2 Å². The van der Waals surface area contributed by atoms with Gasteiger partial charge in [0.25, 0.3) is 10.0 Å². The van der Waals surface area contributed by atoms with Gasteiger partial charge in [0.05, 0.1) is 21.4 Å². The third kappa shape index (κ3) is 4.65. The van der Waals surface area contributed by atoms with Gasteiger partial charge in [-0.1, -0.05) is 23.7 Å². The number of benzene rings is 2. The molecular weight excluding hydrogens is 454 g/mol. The summed E-state index contributed by atoms with van der Waals surface area (Å²) < 4.78 is 33.4. The first kappa shape index (κ1) is 20.2. The number of halogens is 2. The number of hydrogen-bond donors (Lipinski definition) is 1. The predicted octanol–water partition coefficient (Wildman–Crippen LogP) is 4.33. The van der Waals surface area contributed by atoms with Crippen molar-refractivity contribution in [1.82, 2.24) is 4.72 Å². The molecular formula is C19H19BrClNO4S. The largest absolute Gasteiger partial charge is 0.493 e. The highest BCUT2D eigenvalue weighted by Gasteiger charge is 2.50. The Bertz CT molecular complexity index is 956. The van der Waals surface area contributed by atoms with E-state index in [1.807, 2.05) is 19.1 Å². The summed E-state index contributed by atoms with van der Waals surface area (Å²) in [5.41, 5.74) is 0.275. The van der Waals surface area contributed by atoms with E-state index in [2.05, 4.69) is 20.7 Å². The van der Waals surface area contributed by atoms with Crippen LogP contribution in [0.15, 0.2) is 51.8 Å². The minimum atomic E-state index is -3.96. The molecule has 1 saturated carbocycles. The van der Waals surface area contributed by atoms with Crippen LogP contribution in [0.5, 0.6) is 5.75 Å². The smallest absolute Gasteiger partial charge is 0.264 e. The van der Waals surface area contributed by atoms with Crippen LogP contribution in [0.3, 0.4) is 0 Å². The summed E-state index contributed by atoms with van der Waals surface area (Å²) >= 11 is 9.18. The molecule has 5 nitrogen and oxygen atoms in total. The zero-order chi connectivity index (χ0) is 19.7. The Morgan fingerprint density at radius 1 is 1.22 bits per heavy atom. The number of rotatable bonds is 7. The van der Waals surface area contributed by atoms with E-state index in [9.17, 15) is 13.2 Å². The molecule has 1 aliphatic rings. The van der Waals surface area contributed by atoms with Gasteiger partial charge in [0.2, 0.25) is 5.91 Å². The molecule has 1 amide bonds. The molecule has 0 aromatic heterocycles. The van der Waals surface area contributed by atoms with Gasteiger partial charge in [0, 0.05) is 5.02 Å². The lowest BCUT2D eigenvalue weighted by atomic mass is 9.96. The van der Waals surface area contributed by atoms with Crippen molar-refractivity contribution >= 4 is 43.5 Å². The van der Waals surface area contributed by atoms with Crippen LogP contribution in [0.4, 0.5) is 0 Å². The molecule has 0 saturated heterocycles. The fraction of sp³-hybridized carbons (Fsp3) is 0.316. The van der Waals surface area contributed by atoms with Crippen molar-refractivity contribution in [1.29, 1.82) is 0 Å². The molecule has 0 heterocycles. The van der Waals surface area contributed by atoms with Crippen LogP contribution in [-0.4, -0.2) is 20.9 Å². The van der Waals surface area contributed by atoms with Gasteiger partial charge >= 0.3 is 0 Å². The Labute approximate surface area is 172 Å². The summed E-state index contributed by atoms with van der Waals surface area (Å²) in [7, 11) is -3.96. The maximum Gasteiger partial charge on any atom is 0.264 e. The average Bonchev–Trinajstić information content (AvgIpc) is 3.39. The molecule has 0 bridgehead atoms. The molecule has 0 radical (unpaired) electrons. The van der Waals surface area contributed by atoms with Crippen molar-refractivity contribution in [2.75, 3.05) is 6.61 Å². The van der Waals surface area contributed by atoms with E-state index in [4.69, 9.17) is 16.3 Å². The Kier molecular flexibility index (Phi) is 5.84. The van der Waals surface area contributed by atoms with Gasteiger partial charge in [0.15, 0.2) is 0 Å². The third-order valence-electron chi connectivity index (χ3n) is 4.53. The second-order valence-electron chi connectivity index (χ2n) is 6.54. The summed E-state index contributed by atoms with van der Waals surface area (Å²) in [5.74, 6) is 0.0756. The second-order valence-corrected chi connectivity index (χ2v) is 9.52. The lowest BCUT2D eigenvalue weighted by Gasteiger charge is -2.16. The fourth-order valence-electron chi connectivity index (χ4n) is 2.84. The molecule has 0 atom stereocenters. The summed E-state index contributed by atoms with van der Waals surface area (Å²) in [6.45, 7) is 2.31. The molecule has 1 N–H and O–H groups in total. The minimum absolute atomic E-state index is 0.00784. The lowest BCUT2D eigenvalue weighted by Crippen LogP contribution is -2.37. The third-order valence-corrected chi connectivity index (χ3v) is 6.73. The molecule has 0 aliphatic heterocycles. The molecule has 0 unspecified atom stereocenters. The Balaban J connectivity index is 1.74. The monoisotopic (exact) mass is 471 g/mol. The van der Waals surface area contributed by atoms with Crippen LogP contribution in [0.25, 0.3) is 0 Å². The number of carbonyl (C=O) groups is 1. The highest BCUT2D eigenvalue weighted by atomic mass is 79.9. The maximum absolute atomic E-state index is 12.7. The Morgan fingerprint density at radius 3 is 2.44 bits per heavy atom. The first-order chi connectivity index (χ1) is 12.8. The second kappa shape index (κ2) is 7.81. The Morgan fingerprint density at radius 2 is 1.89 bits per heavy atom. The van der Waals surface area contributed by atoms with E-state index in [0.29, 0.717) is 41.1 Å². The van der Waals surface area contributed by atoms with E-state index in [-0.39, 0.29) is 4.90 Å². The molecule has 27 heavy (non-hydrogen) atoms. The van der Waals surface area contributed by atoms with E-state index >= 15 is 0 Å². The highest BCUT2D eigenvalue weighted by molar-refractivity contribution is 9.10. The van der Waals surface area contributed by atoms with Gasteiger partial charge in [-0.05, 0) is 78.0 Å². The van der Waals surface area contributed by atoms with Crippen molar-refractivity contribution < 1.29 is 17.9 Å². The van der Waals surface area contributed by atoms with Crippen molar-refractivity contribution in [2.24, 2.45) is 5.41 Å². The standard InChI is InChI=1S/C19H19BrClNO4S/c1-2-26-17-8-7-15(11-16(17)20)27(24,25)22-18(23)19(9-10-19)12-13-3-5-14(21)6-4-13/h3-8,11H,2,9-10,12H2,1H3,(H,22,23). The van der Waals surface area contributed by atoms with Crippen LogP contribution in [0, 0.1) is 5.41 Å². The number of carbonyl (C=O) groups excluding carboxylic acids is 1. The number of ether oxygens (including phenoxy) is 1. The minimum Gasteiger partial charge on any atom is -0.493 e. The maximum atomic E-state index is 12.7. The van der Waals surface area contributed by atoms with Gasteiger partial charge < -0.3 is 4.74 Å². The Hall–Kier alpha value is -1.57. The normalized spacial score (nSPS) is 15.2. The van der Waals surface area contributed by atoms with Crippen LogP contribution in [0.1, 0.15) is 25.3 Å². The molecule has 3 rings (SSSR count). The summed E-state index contributed by atoms with van der Waals surface area (Å²) in [6.07, 6.45) is 1.80. The number of amides is 1. The zero-order valence-corrected chi connectivity index (χ0v) is 17.8. The quantitative estimate of drug-likeness (QED) is 0.651. The van der Waals surface area contributed by atoms with Crippen molar-refractivity contribution in [2.45, 2.75) is 31.1 Å². The first-order valence-corrected chi connectivity index (χ1v) is 11.2. The zero-order valence-electron chi connectivity index (χ0n) is 14.7. The van der Waals surface area contributed by atoms with E-state index in [0.717, 1.165) is 5.56 Å². The van der Waals surface area contributed by atoms with Crippen molar-refractivity contribution in [3.8, 4) is 5.75 Å². The van der Waals surface area contributed by atoms with Crippen LogP contribution < -0.4 is 9.46 Å². The molecule has 2 aromatic rings. The number of sulfonamides is 1. The van der Waals surface area contributed by atoms with Crippen LogP contribution in [0.2, 0.25) is 5.02 Å². The summed E-state index contributed by atoms with van der Waals surface area (Å²) in [4.78, 5) is 12.7. The topological polar surface area (TPSA) is 72.5 Å². The molecule has 2 aromatic carbocycles. The molecule has 1 aliphatic carbocycles. The lowest BCUT2D eigenvalue weighted by molar-refractivity contribution is -0.124. The SMILES string of the molecule is CCOc1ccc(S(=O)(=O)NC(=O)C2(Cc3ccc(Cl)cc3)CC2)cc1Br. The van der Waals surface area contributed by atoms with Crippen molar-refractivity contribution in [3.63, 3.8) is 0 Å². The molecule has 0 spiro atoms. The van der Waals surface area contributed by atoms with E-state index in [1.165, 1.54) is 12.1 Å².